The van der Waals surface area contributed by atoms with E-state index in [1.165, 1.54) is 5.56 Å². The predicted octanol–water partition coefficient (Wildman–Crippen LogP) is 0.0150. The quantitative estimate of drug-likeness (QED) is 0.543. The minimum Gasteiger partial charge on any atom is -1.00 e. The zero-order valence-corrected chi connectivity index (χ0v) is 7.69. The summed E-state index contributed by atoms with van der Waals surface area (Å²) >= 11 is 0. The molecule has 0 heterocycles. The topological polar surface area (TPSA) is 4.36 Å². The van der Waals surface area contributed by atoms with Crippen LogP contribution in [-0.4, -0.2) is 0 Å². The third-order valence-corrected chi connectivity index (χ3v) is 1.18. The van der Waals surface area contributed by atoms with Gasteiger partial charge in [0, 0.05) is 12.1 Å². The predicted molar refractivity (Wildman–Crippen MR) is 46.4 cm³/mol. The molecule has 0 aromatic heterocycles. The third-order valence-electron chi connectivity index (χ3n) is 1.18. The van der Waals surface area contributed by atoms with Crippen molar-refractivity contribution < 1.29 is 12.4 Å². The van der Waals surface area contributed by atoms with E-state index in [9.17, 15) is 0 Å². The number of rotatable bonds is 0. The van der Waals surface area contributed by atoms with Gasteiger partial charge in [-0.3, -0.25) is 0 Å². The molecule has 11 heavy (non-hydrogen) atoms. The fourth-order valence-corrected chi connectivity index (χ4v) is 0.631. The van der Waals surface area contributed by atoms with Crippen LogP contribution in [0.1, 0.15) is 5.56 Å². The molecule has 0 unspecified atom stereocenters. The van der Waals surface area contributed by atoms with Crippen molar-refractivity contribution in [2.45, 2.75) is 6.92 Å². The number of nitrogens with zero attached hydrogens (tertiary/aromatic N) is 1. The summed E-state index contributed by atoms with van der Waals surface area (Å²) in [5.74, 6) is 0. The van der Waals surface area contributed by atoms with E-state index in [1.54, 1.807) is 0 Å². The highest BCUT2D eigenvalue weighted by Crippen LogP contribution is 2.10. The zero-order chi connectivity index (χ0) is 6.69. The number of hydrogen-bond donors (Lipinski definition) is 0. The molecule has 1 nitrogen and oxygen atoms in total. The van der Waals surface area contributed by atoms with Crippen molar-refractivity contribution in [2.24, 2.45) is 0 Å². The number of benzene rings is 1. The van der Waals surface area contributed by atoms with Crippen molar-refractivity contribution in [2.75, 3.05) is 0 Å². The summed E-state index contributed by atoms with van der Waals surface area (Å²) in [7, 11) is 0. The third kappa shape index (κ3) is 3.87. The lowest BCUT2D eigenvalue weighted by Gasteiger charge is -1.82. The van der Waals surface area contributed by atoms with Crippen LogP contribution in [0.4, 0.5) is 5.69 Å². The first-order valence-corrected chi connectivity index (χ1v) is 2.80. The Balaban J connectivity index is 0. The Morgan fingerprint density at radius 1 is 1.18 bits per heavy atom. The fourth-order valence-electron chi connectivity index (χ4n) is 0.631. The summed E-state index contributed by atoms with van der Waals surface area (Å²) in [6.07, 6.45) is 0. The molecule has 1 aromatic rings. The van der Waals surface area contributed by atoms with Gasteiger partial charge in [-0.15, -0.1) is 12.4 Å². The Hall–Kier alpha value is -0.710. The molecule has 0 aliphatic carbocycles. The molecule has 0 fully saturated rings. The van der Waals surface area contributed by atoms with E-state index < -0.39 is 0 Å². The fraction of sp³-hybridized carbons (Fsp3) is 0.125. The van der Waals surface area contributed by atoms with E-state index in [0.717, 1.165) is 5.69 Å². The van der Waals surface area contributed by atoms with Gasteiger partial charge in [0.15, 0.2) is 0 Å². The highest BCUT2D eigenvalue weighted by molar-refractivity contribution is 5.85. The lowest BCUT2D eigenvalue weighted by molar-refractivity contribution is -0.00000206. The highest BCUT2D eigenvalue weighted by Gasteiger charge is 1.94. The molecule has 0 atom stereocenters. The van der Waals surface area contributed by atoms with E-state index >= 15 is 0 Å². The van der Waals surface area contributed by atoms with Crippen LogP contribution in [-0.2, 0) is 0 Å². The van der Waals surface area contributed by atoms with Gasteiger partial charge >= 0.3 is 5.69 Å². The second-order valence-electron chi connectivity index (χ2n) is 1.96. The van der Waals surface area contributed by atoms with Crippen LogP contribution in [0, 0.1) is 13.5 Å². The summed E-state index contributed by atoms with van der Waals surface area (Å²) in [6.45, 7) is 7.05. The monoisotopic (exact) mass is 189 g/mol. The van der Waals surface area contributed by atoms with Crippen molar-refractivity contribution in [3.05, 3.63) is 34.7 Å². The molecule has 0 bridgehead atoms. The molecule has 0 saturated heterocycles. The minimum atomic E-state index is 0. The molecule has 0 spiro atoms. The molecule has 0 saturated carbocycles. The van der Waals surface area contributed by atoms with E-state index in [1.807, 2.05) is 31.2 Å². The Bertz CT molecular complexity index is 235. The van der Waals surface area contributed by atoms with Crippen LogP contribution in [0.25, 0.3) is 4.85 Å². The summed E-state index contributed by atoms with van der Waals surface area (Å²) in [5.41, 5.74) is 2.04. The van der Waals surface area contributed by atoms with Gasteiger partial charge in [0.2, 0.25) is 0 Å². The van der Waals surface area contributed by atoms with Crippen LogP contribution in [0.5, 0.6) is 0 Å². The second-order valence-corrected chi connectivity index (χ2v) is 1.96. The largest absolute Gasteiger partial charge is 1.00 e. The van der Waals surface area contributed by atoms with Crippen LogP contribution >= 0.6 is 12.4 Å². The highest BCUT2D eigenvalue weighted by atomic mass is 35.5. The van der Waals surface area contributed by atoms with Gasteiger partial charge in [-0.25, -0.2) is 0 Å². The first-order valence-electron chi connectivity index (χ1n) is 2.80. The maximum absolute atomic E-state index is 5.02. The summed E-state index contributed by atoms with van der Waals surface area (Å²) in [6, 6.07) is 7.72. The smallest absolute Gasteiger partial charge is 0.339 e. The van der Waals surface area contributed by atoms with Gasteiger partial charge in [0.25, 0.3) is 6.57 Å². The summed E-state index contributed by atoms with van der Waals surface area (Å²) < 4.78 is 0. The van der Waals surface area contributed by atoms with Gasteiger partial charge in [0.1, 0.15) is 0 Å². The van der Waals surface area contributed by atoms with Crippen LogP contribution in [0.3, 0.4) is 0 Å². The van der Waals surface area contributed by atoms with Crippen LogP contribution < -0.4 is 12.4 Å². The van der Waals surface area contributed by atoms with Crippen molar-refractivity contribution in [1.82, 2.24) is 0 Å². The van der Waals surface area contributed by atoms with E-state index in [-0.39, 0.29) is 24.8 Å². The molecule has 1 aromatic carbocycles. The lowest BCUT2D eigenvalue weighted by atomic mass is 10.2. The Labute approximate surface area is 79.1 Å². The molecule has 0 radical (unpaired) electrons. The maximum atomic E-state index is 5.02. The number of halogens is 2. The molecule has 0 aliphatic heterocycles. The maximum Gasteiger partial charge on any atom is 0.339 e. The average molecular weight is 190 g/mol. The van der Waals surface area contributed by atoms with Crippen molar-refractivity contribution in [3.63, 3.8) is 0 Å². The van der Waals surface area contributed by atoms with Crippen LogP contribution in [0.15, 0.2) is 24.3 Å². The molecular weight excluding hydrogens is 181 g/mol. The van der Waals surface area contributed by atoms with Gasteiger partial charge < -0.3 is 12.4 Å². The molecule has 1 rings (SSSR count). The van der Waals surface area contributed by atoms with Crippen molar-refractivity contribution >= 4 is 18.1 Å². The molecular formula is C8H9Cl2N. The zero-order valence-electron chi connectivity index (χ0n) is 6.12. The standard InChI is InChI=1S/C8H8N.2ClH/c1-7-3-5-8(9-2)6-4-7;;/h2-6H,1H3;2*1H/q+1;;/p-1. The minimum absolute atomic E-state index is 0. The van der Waals surface area contributed by atoms with Gasteiger partial charge in [0.05, 0.1) is 0 Å². The number of aryl methyl sites for hydroxylation is 1. The molecule has 60 valence electrons. The van der Waals surface area contributed by atoms with Gasteiger partial charge in [-0.05, 0) is 11.8 Å². The molecule has 0 aliphatic rings. The first-order chi connectivity index (χ1) is 4.33. The second kappa shape index (κ2) is 6.03. The van der Waals surface area contributed by atoms with Crippen LogP contribution in [0.2, 0.25) is 0 Å². The SMILES string of the molecule is C#[N+]c1ccc(C)cc1.Cl.[Cl-]. The van der Waals surface area contributed by atoms with E-state index in [0.29, 0.717) is 0 Å². The van der Waals surface area contributed by atoms with E-state index in [4.69, 9.17) is 6.57 Å². The van der Waals surface area contributed by atoms with E-state index in [2.05, 4.69) is 4.85 Å². The Morgan fingerprint density at radius 2 is 1.64 bits per heavy atom. The summed E-state index contributed by atoms with van der Waals surface area (Å²) in [4.78, 5) is 3.51. The lowest BCUT2D eigenvalue weighted by Crippen LogP contribution is -3.00. The Morgan fingerprint density at radius 3 is 2.00 bits per heavy atom. The normalized spacial score (nSPS) is 6.91. The van der Waals surface area contributed by atoms with Crippen molar-refractivity contribution in [3.8, 4) is 6.57 Å². The molecule has 0 amide bonds. The van der Waals surface area contributed by atoms with Gasteiger partial charge in [-0.2, -0.15) is 0 Å². The average Bonchev–Trinajstić information content (AvgIpc) is 1.90. The van der Waals surface area contributed by atoms with Gasteiger partial charge in [-0.1, -0.05) is 17.7 Å². The summed E-state index contributed by atoms with van der Waals surface area (Å²) in [5, 5.41) is 0. The van der Waals surface area contributed by atoms with Crippen molar-refractivity contribution in [1.29, 1.82) is 0 Å². The number of hydrogen-bond acceptors (Lipinski definition) is 0. The first kappa shape index (κ1) is 12.9. The molecule has 0 N–H and O–H groups in total. The Kier molecular flexibility index (Phi) is 7.08. The molecule has 3 heteroatoms.